The highest BCUT2D eigenvalue weighted by atomic mass is 16.5. The van der Waals surface area contributed by atoms with Crippen molar-refractivity contribution in [2.45, 2.75) is 26.3 Å². The van der Waals surface area contributed by atoms with Crippen molar-refractivity contribution in [3.05, 3.63) is 28.8 Å². The van der Waals surface area contributed by atoms with Crippen LogP contribution in [-0.4, -0.2) is 26.1 Å². The molecule has 0 saturated heterocycles. The monoisotopic (exact) mass is 248 g/mol. The molecular formula is C14H20N2O2. The molecule has 4 heteroatoms. The molecule has 1 heterocycles. The van der Waals surface area contributed by atoms with E-state index in [2.05, 4.69) is 30.5 Å². The van der Waals surface area contributed by atoms with Crippen molar-refractivity contribution in [1.82, 2.24) is 10.6 Å². The summed E-state index contributed by atoms with van der Waals surface area (Å²) in [6.45, 7) is 5.35. The summed E-state index contributed by atoms with van der Waals surface area (Å²) in [5.74, 6) is 0.998. The molecule has 0 aromatic heterocycles. The third-order valence-corrected chi connectivity index (χ3v) is 3.41. The summed E-state index contributed by atoms with van der Waals surface area (Å²) in [6.07, 6.45) is 0.493. The van der Waals surface area contributed by atoms with Crippen molar-refractivity contribution in [2.75, 3.05) is 20.2 Å². The topological polar surface area (TPSA) is 50.4 Å². The van der Waals surface area contributed by atoms with E-state index in [1.807, 2.05) is 13.1 Å². The first-order valence-corrected chi connectivity index (χ1v) is 6.30. The zero-order chi connectivity index (χ0) is 13.1. The van der Waals surface area contributed by atoms with Crippen LogP contribution in [0.2, 0.25) is 0 Å². The van der Waals surface area contributed by atoms with Crippen LogP contribution in [0.15, 0.2) is 12.1 Å². The highest BCUT2D eigenvalue weighted by Gasteiger charge is 2.27. The molecule has 0 spiro atoms. The van der Waals surface area contributed by atoms with Crippen LogP contribution < -0.4 is 15.4 Å². The molecule has 1 aromatic rings. The minimum atomic E-state index is -0.0105. The van der Waals surface area contributed by atoms with E-state index in [4.69, 9.17) is 4.74 Å². The van der Waals surface area contributed by atoms with Gasteiger partial charge in [0.2, 0.25) is 5.91 Å². The van der Waals surface area contributed by atoms with Gasteiger partial charge in [-0.1, -0.05) is 12.1 Å². The number of ether oxygens (including phenoxy) is 1. The summed E-state index contributed by atoms with van der Waals surface area (Å²) < 4.78 is 5.70. The first kappa shape index (κ1) is 12.9. The predicted octanol–water partition coefficient (Wildman–Crippen LogP) is 1.46. The molecule has 0 saturated carbocycles. The van der Waals surface area contributed by atoms with Gasteiger partial charge in [0.1, 0.15) is 12.4 Å². The fraction of sp³-hybridized carbons (Fsp3) is 0.500. The smallest absolute Gasteiger partial charge is 0.221 e. The Bertz CT molecular complexity index is 457. The lowest BCUT2D eigenvalue weighted by Gasteiger charge is -2.12. The number of nitrogens with one attached hydrogen (secondary N) is 2. The van der Waals surface area contributed by atoms with E-state index >= 15 is 0 Å². The molecule has 1 unspecified atom stereocenters. The summed E-state index contributed by atoms with van der Waals surface area (Å²) in [5.41, 5.74) is 3.48. The van der Waals surface area contributed by atoms with Gasteiger partial charge in [0, 0.05) is 18.5 Å². The molecule has 1 aliphatic heterocycles. The lowest BCUT2D eigenvalue weighted by atomic mass is 10.0. The van der Waals surface area contributed by atoms with Crippen LogP contribution in [0.5, 0.6) is 5.75 Å². The Balaban J connectivity index is 2.08. The van der Waals surface area contributed by atoms with Crippen LogP contribution in [0.3, 0.4) is 0 Å². The average molecular weight is 248 g/mol. The molecule has 1 aliphatic rings. The van der Waals surface area contributed by atoms with Crippen LogP contribution in [-0.2, 0) is 4.79 Å². The van der Waals surface area contributed by atoms with Gasteiger partial charge < -0.3 is 15.4 Å². The number of carbonyl (C=O) groups excluding carboxylic acids is 1. The van der Waals surface area contributed by atoms with Crippen molar-refractivity contribution < 1.29 is 9.53 Å². The second kappa shape index (κ2) is 5.40. The summed E-state index contributed by atoms with van der Waals surface area (Å²) in [5, 5.41) is 5.98. The highest BCUT2D eigenvalue weighted by Crippen LogP contribution is 2.36. The van der Waals surface area contributed by atoms with Gasteiger partial charge in [-0.2, -0.15) is 0 Å². The molecule has 2 N–H and O–H groups in total. The summed E-state index contributed by atoms with van der Waals surface area (Å²) >= 11 is 0. The van der Waals surface area contributed by atoms with Gasteiger partial charge in [0.15, 0.2) is 0 Å². The Hall–Kier alpha value is -1.55. The Kier molecular flexibility index (Phi) is 3.87. The molecule has 98 valence electrons. The van der Waals surface area contributed by atoms with Crippen molar-refractivity contribution in [3.63, 3.8) is 0 Å². The van der Waals surface area contributed by atoms with Crippen LogP contribution in [0, 0.1) is 13.8 Å². The maximum Gasteiger partial charge on any atom is 0.221 e. The average Bonchev–Trinajstić information content (AvgIpc) is 2.75. The fourth-order valence-electron chi connectivity index (χ4n) is 2.16. The number of amides is 1. The van der Waals surface area contributed by atoms with E-state index in [1.165, 1.54) is 11.1 Å². The van der Waals surface area contributed by atoms with E-state index in [0.29, 0.717) is 19.6 Å². The van der Waals surface area contributed by atoms with Crippen molar-refractivity contribution >= 4 is 5.91 Å². The third-order valence-electron chi connectivity index (χ3n) is 3.41. The Morgan fingerprint density at radius 2 is 2.22 bits per heavy atom. The van der Waals surface area contributed by atoms with Crippen LogP contribution in [0.1, 0.15) is 29.2 Å². The molecule has 0 fully saturated rings. The maximum atomic E-state index is 11.7. The summed E-state index contributed by atoms with van der Waals surface area (Å²) in [4.78, 5) is 11.7. The SMILES string of the molecule is CNCCC(=O)NC1COc2c1ccc(C)c2C. The maximum absolute atomic E-state index is 11.7. The van der Waals surface area contributed by atoms with Crippen molar-refractivity contribution in [2.24, 2.45) is 0 Å². The van der Waals surface area contributed by atoms with Crippen LogP contribution >= 0.6 is 0 Å². The molecule has 1 aromatic carbocycles. The molecule has 0 radical (unpaired) electrons. The minimum Gasteiger partial charge on any atom is -0.490 e. The number of hydrogen-bond acceptors (Lipinski definition) is 3. The fourth-order valence-corrected chi connectivity index (χ4v) is 2.16. The highest BCUT2D eigenvalue weighted by molar-refractivity contribution is 5.77. The molecule has 4 nitrogen and oxygen atoms in total. The lowest BCUT2D eigenvalue weighted by Crippen LogP contribution is -2.31. The van der Waals surface area contributed by atoms with Gasteiger partial charge in [-0.3, -0.25) is 4.79 Å². The minimum absolute atomic E-state index is 0.0105. The van der Waals surface area contributed by atoms with Gasteiger partial charge in [0.05, 0.1) is 6.04 Å². The number of benzene rings is 1. The summed E-state index contributed by atoms with van der Waals surface area (Å²) in [6, 6.07) is 4.12. The molecule has 0 aliphatic carbocycles. The standard InChI is InChI=1S/C14H20N2O2/c1-9-4-5-11-12(8-18-14(11)10(9)2)16-13(17)6-7-15-3/h4-5,12,15H,6-8H2,1-3H3,(H,16,17). The van der Waals surface area contributed by atoms with E-state index in [-0.39, 0.29) is 11.9 Å². The predicted molar refractivity (Wildman–Crippen MR) is 70.8 cm³/mol. The summed E-state index contributed by atoms with van der Waals surface area (Å²) in [7, 11) is 1.84. The number of fused-ring (bicyclic) bond motifs is 1. The zero-order valence-corrected chi connectivity index (χ0v) is 11.2. The second-order valence-electron chi connectivity index (χ2n) is 4.71. The normalized spacial score (nSPS) is 17.2. The van der Waals surface area contributed by atoms with Gasteiger partial charge in [-0.25, -0.2) is 0 Å². The Labute approximate surface area is 108 Å². The Morgan fingerprint density at radius 3 is 2.94 bits per heavy atom. The second-order valence-corrected chi connectivity index (χ2v) is 4.71. The molecule has 18 heavy (non-hydrogen) atoms. The first-order valence-electron chi connectivity index (χ1n) is 6.30. The third kappa shape index (κ3) is 2.48. The first-order chi connectivity index (χ1) is 8.63. The molecular weight excluding hydrogens is 228 g/mol. The molecule has 2 rings (SSSR count). The lowest BCUT2D eigenvalue weighted by molar-refractivity contribution is -0.121. The van der Waals surface area contributed by atoms with Crippen molar-refractivity contribution in [1.29, 1.82) is 0 Å². The molecule has 0 bridgehead atoms. The van der Waals surface area contributed by atoms with E-state index < -0.39 is 0 Å². The van der Waals surface area contributed by atoms with Gasteiger partial charge in [0.25, 0.3) is 0 Å². The zero-order valence-electron chi connectivity index (χ0n) is 11.2. The Morgan fingerprint density at radius 1 is 1.44 bits per heavy atom. The number of rotatable bonds is 4. The quantitative estimate of drug-likeness (QED) is 0.848. The van der Waals surface area contributed by atoms with E-state index in [9.17, 15) is 4.79 Å². The number of carbonyl (C=O) groups is 1. The van der Waals surface area contributed by atoms with E-state index in [1.54, 1.807) is 0 Å². The molecule has 1 atom stereocenters. The van der Waals surface area contributed by atoms with Crippen LogP contribution in [0.25, 0.3) is 0 Å². The van der Waals surface area contributed by atoms with Gasteiger partial charge >= 0.3 is 0 Å². The van der Waals surface area contributed by atoms with Gasteiger partial charge in [-0.15, -0.1) is 0 Å². The van der Waals surface area contributed by atoms with Gasteiger partial charge in [-0.05, 0) is 32.0 Å². The number of aryl methyl sites for hydroxylation is 1. The van der Waals surface area contributed by atoms with E-state index in [0.717, 1.165) is 11.3 Å². The largest absolute Gasteiger partial charge is 0.490 e. The number of hydrogen-bond donors (Lipinski definition) is 2. The van der Waals surface area contributed by atoms with Crippen LogP contribution in [0.4, 0.5) is 0 Å². The molecule has 1 amide bonds. The van der Waals surface area contributed by atoms with Crippen molar-refractivity contribution in [3.8, 4) is 5.75 Å².